The maximum atomic E-state index is 11.7. The highest BCUT2D eigenvalue weighted by Gasteiger charge is 2.34. The minimum absolute atomic E-state index is 0.771. The van der Waals surface area contributed by atoms with E-state index in [-0.39, 0.29) is 0 Å². The molecule has 0 saturated heterocycles. The van der Waals surface area contributed by atoms with Crippen LogP contribution in [-0.4, -0.2) is 10.1 Å². The van der Waals surface area contributed by atoms with E-state index in [0.717, 1.165) is 12.3 Å². The Morgan fingerprint density at radius 2 is 2.00 bits per heavy atom. The molecular formula is C5H4F3NO. The first kappa shape index (κ1) is 6.98. The number of rotatable bonds is 0. The summed E-state index contributed by atoms with van der Waals surface area (Å²) < 4.78 is 35.1. The van der Waals surface area contributed by atoms with Crippen molar-refractivity contribution >= 4 is 0 Å². The highest BCUT2D eigenvalue weighted by molar-refractivity contribution is 5.27. The molecule has 1 aromatic rings. The van der Waals surface area contributed by atoms with E-state index in [9.17, 15) is 13.2 Å². The number of alkyl halides is 3. The molecule has 2 nitrogen and oxygen atoms in total. The van der Waals surface area contributed by atoms with Crippen molar-refractivity contribution in [2.75, 3.05) is 0 Å². The molecule has 1 heterocycles. The van der Waals surface area contributed by atoms with Gasteiger partial charge in [0.1, 0.15) is 5.75 Å². The van der Waals surface area contributed by atoms with Crippen molar-refractivity contribution in [3.8, 4) is 5.75 Å². The van der Waals surface area contributed by atoms with Gasteiger partial charge in [0, 0.05) is 6.20 Å². The van der Waals surface area contributed by atoms with Crippen molar-refractivity contribution in [2.45, 2.75) is 6.18 Å². The Balaban J connectivity index is 3.05. The van der Waals surface area contributed by atoms with Gasteiger partial charge in [0.15, 0.2) is 5.69 Å². The van der Waals surface area contributed by atoms with Gasteiger partial charge in [-0.05, 0) is 6.07 Å². The Morgan fingerprint density at radius 1 is 1.40 bits per heavy atom. The number of aromatic hydroxyl groups is 1. The Morgan fingerprint density at radius 3 is 2.20 bits per heavy atom. The average molecular weight is 151 g/mol. The van der Waals surface area contributed by atoms with Gasteiger partial charge in [-0.3, -0.25) is 0 Å². The molecule has 56 valence electrons. The second-order valence-corrected chi connectivity index (χ2v) is 1.74. The van der Waals surface area contributed by atoms with Gasteiger partial charge < -0.3 is 10.1 Å². The van der Waals surface area contributed by atoms with Crippen molar-refractivity contribution in [3.63, 3.8) is 0 Å². The SMILES string of the molecule is Oc1cc[nH]c1C(F)(F)F. The van der Waals surface area contributed by atoms with Crippen LogP contribution in [0.1, 0.15) is 5.69 Å². The number of nitrogens with one attached hydrogen (secondary N) is 1. The monoisotopic (exact) mass is 151 g/mol. The second-order valence-electron chi connectivity index (χ2n) is 1.74. The van der Waals surface area contributed by atoms with Gasteiger partial charge in [0.05, 0.1) is 0 Å². The van der Waals surface area contributed by atoms with E-state index >= 15 is 0 Å². The average Bonchev–Trinajstić information content (AvgIpc) is 2.11. The predicted molar refractivity (Wildman–Crippen MR) is 27.5 cm³/mol. The van der Waals surface area contributed by atoms with Crippen LogP contribution in [0.2, 0.25) is 0 Å². The van der Waals surface area contributed by atoms with Crippen LogP contribution in [0.3, 0.4) is 0 Å². The zero-order chi connectivity index (χ0) is 7.78. The molecule has 0 fully saturated rings. The molecule has 2 N–H and O–H groups in total. The molecule has 1 rings (SSSR count). The van der Waals surface area contributed by atoms with Crippen LogP contribution in [0.5, 0.6) is 5.75 Å². The number of aromatic nitrogens is 1. The Kier molecular flexibility index (Phi) is 1.35. The summed E-state index contributed by atoms with van der Waals surface area (Å²) in [5.41, 5.74) is -1.10. The lowest BCUT2D eigenvalue weighted by molar-refractivity contribution is -0.141. The topological polar surface area (TPSA) is 36.0 Å². The predicted octanol–water partition coefficient (Wildman–Crippen LogP) is 1.74. The molecule has 0 unspecified atom stereocenters. The van der Waals surface area contributed by atoms with Crippen LogP contribution in [0.25, 0.3) is 0 Å². The van der Waals surface area contributed by atoms with Crippen molar-refractivity contribution in [2.24, 2.45) is 0 Å². The molecule has 5 heteroatoms. The molecule has 0 aliphatic carbocycles. The fourth-order valence-corrected chi connectivity index (χ4v) is 0.588. The van der Waals surface area contributed by atoms with Gasteiger partial charge >= 0.3 is 6.18 Å². The van der Waals surface area contributed by atoms with Crippen LogP contribution < -0.4 is 0 Å². The number of aromatic amines is 1. The molecule has 10 heavy (non-hydrogen) atoms. The van der Waals surface area contributed by atoms with Gasteiger partial charge in [-0.2, -0.15) is 13.2 Å². The summed E-state index contributed by atoms with van der Waals surface area (Å²) >= 11 is 0. The standard InChI is InChI=1S/C5H4F3NO/c6-5(7,8)4-3(10)1-2-9-4/h1-2,9-10H. The molecule has 0 amide bonds. The van der Waals surface area contributed by atoms with Crippen LogP contribution in [-0.2, 0) is 6.18 Å². The first-order chi connectivity index (χ1) is 4.52. The highest BCUT2D eigenvalue weighted by atomic mass is 19.4. The quantitative estimate of drug-likeness (QED) is 0.582. The van der Waals surface area contributed by atoms with Crippen molar-refractivity contribution < 1.29 is 18.3 Å². The van der Waals surface area contributed by atoms with E-state index < -0.39 is 17.6 Å². The molecule has 1 aromatic heterocycles. The molecule has 0 saturated carbocycles. The lowest BCUT2D eigenvalue weighted by atomic mass is 10.4. The molecule has 0 aliphatic heterocycles. The summed E-state index contributed by atoms with van der Waals surface area (Å²) in [6.45, 7) is 0. The zero-order valence-electron chi connectivity index (χ0n) is 4.74. The van der Waals surface area contributed by atoms with Gasteiger partial charge in [0.25, 0.3) is 0 Å². The number of halogens is 3. The van der Waals surface area contributed by atoms with E-state index in [2.05, 4.69) is 0 Å². The molecule has 0 radical (unpaired) electrons. The fourth-order valence-electron chi connectivity index (χ4n) is 0.588. The third-order valence-electron chi connectivity index (χ3n) is 1.01. The molecular weight excluding hydrogens is 147 g/mol. The molecule has 0 spiro atoms. The smallest absolute Gasteiger partial charge is 0.434 e. The van der Waals surface area contributed by atoms with Crippen LogP contribution in [0, 0.1) is 0 Å². The van der Waals surface area contributed by atoms with Gasteiger partial charge in [-0.15, -0.1) is 0 Å². The van der Waals surface area contributed by atoms with Crippen LogP contribution >= 0.6 is 0 Å². The first-order valence-electron chi connectivity index (χ1n) is 2.45. The second kappa shape index (κ2) is 1.93. The number of hydrogen-bond acceptors (Lipinski definition) is 1. The molecule has 0 atom stereocenters. The van der Waals surface area contributed by atoms with Gasteiger partial charge in [0.2, 0.25) is 0 Å². The Labute approximate surface area is 54.3 Å². The van der Waals surface area contributed by atoms with E-state index in [0.29, 0.717) is 0 Å². The normalized spacial score (nSPS) is 11.9. The van der Waals surface area contributed by atoms with E-state index in [1.165, 1.54) is 0 Å². The fraction of sp³-hybridized carbons (Fsp3) is 0.200. The van der Waals surface area contributed by atoms with E-state index in [4.69, 9.17) is 5.11 Å². The van der Waals surface area contributed by atoms with Gasteiger partial charge in [-0.25, -0.2) is 0 Å². The minimum Gasteiger partial charge on any atom is -0.506 e. The number of hydrogen-bond donors (Lipinski definition) is 2. The lowest BCUT2D eigenvalue weighted by Crippen LogP contribution is -2.04. The lowest BCUT2D eigenvalue weighted by Gasteiger charge is -2.02. The Hall–Kier alpha value is -1.13. The summed E-state index contributed by atoms with van der Waals surface area (Å²) in [6.07, 6.45) is -3.47. The van der Waals surface area contributed by atoms with Crippen LogP contribution in [0.15, 0.2) is 12.3 Å². The summed E-state index contributed by atoms with van der Waals surface area (Å²) in [6, 6.07) is 0.947. The first-order valence-corrected chi connectivity index (χ1v) is 2.45. The molecule has 0 bridgehead atoms. The highest BCUT2D eigenvalue weighted by Crippen LogP contribution is 2.33. The maximum absolute atomic E-state index is 11.7. The van der Waals surface area contributed by atoms with E-state index in [1.54, 1.807) is 0 Å². The summed E-state index contributed by atoms with van der Waals surface area (Å²) in [5.74, 6) is -0.771. The summed E-state index contributed by atoms with van der Waals surface area (Å²) in [5, 5.41) is 8.53. The summed E-state index contributed by atoms with van der Waals surface area (Å²) in [4.78, 5) is 1.87. The minimum atomic E-state index is -4.49. The third-order valence-corrected chi connectivity index (χ3v) is 1.01. The molecule has 0 aliphatic rings. The van der Waals surface area contributed by atoms with Crippen LogP contribution in [0.4, 0.5) is 13.2 Å². The van der Waals surface area contributed by atoms with Crippen molar-refractivity contribution in [1.82, 2.24) is 4.98 Å². The largest absolute Gasteiger partial charge is 0.506 e. The summed E-state index contributed by atoms with van der Waals surface area (Å²) in [7, 11) is 0. The Bertz CT molecular complexity index is 227. The third kappa shape index (κ3) is 1.07. The number of H-pyrrole nitrogens is 1. The maximum Gasteiger partial charge on any atom is 0.434 e. The zero-order valence-corrected chi connectivity index (χ0v) is 4.74. The van der Waals surface area contributed by atoms with Crippen molar-refractivity contribution in [1.29, 1.82) is 0 Å². The van der Waals surface area contributed by atoms with Crippen molar-refractivity contribution in [3.05, 3.63) is 18.0 Å². The van der Waals surface area contributed by atoms with Gasteiger partial charge in [-0.1, -0.05) is 0 Å². The molecule has 0 aromatic carbocycles. The van der Waals surface area contributed by atoms with E-state index in [1.807, 2.05) is 4.98 Å².